The van der Waals surface area contributed by atoms with Gasteiger partial charge in [0, 0.05) is 38.3 Å². The first-order valence-electron chi connectivity index (χ1n) is 9.74. The number of benzene rings is 1. The Balaban J connectivity index is 1.57. The molecule has 27 heavy (non-hydrogen) atoms. The molecule has 2 amide bonds. The molecule has 7 nitrogen and oxygen atoms in total. The third kappa shape index (κ3) is 5.94. The summed E-state index contributed by atoms with van der Waals surface area (Å²) in [5.41, 5.74) is 0.778. The van der Waals surface area contributed by atoms with E-state index in [1.165, 1.54) is 0 Å². The zero-order valence-corrected chi connectivity index (χ0v) is 15.7. The first kappa shape index (κ1) is 19.6. The number of piperidine rings is 1. The molecule has 3 rings (SSSR count). The van der Waals surface area contributed by atoms with Crippen molar-refractivity contribution in [3.05, 3.63) is 30.3 Å². The zero-order valence-electron chi connectivity index (χ0n) is 15.7. The van der Waals surface area contributed by atoms with Crippen LogP contribution >= 0.6 is 0 Å². The van der Waals surface area contributed by atoms with E-state index in [2.05, 4.69) is 10.2 Å². The zero-order chi connectivity index (χ0) is 19.1. The average molecular weight is 375 g/mol. The lowest BCUT2D eigenvalue weighted by atomic mass is 9.81. The molecule has 2 aliphatic heterocycles. The van der Waals surface area contributed by atoms with Crippen LogP contribution in [-0.2, 0) is 9.53 Å². The van der Waals surface area contributed by atoms with Crippen molar-refractivity contribution in [3.8, 4) is 0 Å². The maximum absolute atomic E-state index is 12.6. The van der Waals surface area contributed by atoms with Crippen molar-refractivity contribution in [2.75, 3.05) is 51.3 Å². The highest BCUT2D eigenvalue weighted by atomic mass is 16.5. The number of carboxylic acid groups (broad SMARTS) is 1. The van der Waals surface area contributed by atoms with Crippen LogP contribution in [0.4, 0.5) is 10.5 Å². The summed E-state index contributed by atoms with van der Waals surface area (Å²) < 4.78 is 5.39. The molecule has 0 spiro atoms. The Hall–Kier alpha value is -2.12. The van der Waals surface area contributed by atoms with Crippen LogP contribution in [0.3, 0.4) is 0 Å². The first-order chi connectivity index (χ1) is 13.1. The van der Waals surface area contributed by atoms with Gasteiger partial charge in [-0.2, -0.15) is 0 Å². The van der Waals surface area contributed by atoms with Gasteiger partial charge in [-0.1, -0.05) is 18.2 Å². The quantitative estimate of drug-likeness (QED) is 0.798. The summed E-state index contributed by atoms with van der Waals surface area (Å²) in [6.07, 6.45) is 1.83. The molecule has 2 aliphatic rings. The van der Waals surface area contributed by atoms with E-state index >= 15 is 0 Å². The lowest BCUT2D eigenvalue weighted by Crippen LogP contribution is -2.47. The maximum Gasteiger partial charge on any atom is 0.321 e. The number of para-hydroxylation sites is 1. The second kappa shape index (κ2) is 9.71. The average Bonchev–Trinajstić information content (AvgIpc) is 2.68. The van der Waals surface area contributed by atoms with E-state index in [1.807, 2.05) is 35.2 Å². The molecule has 0 radical (unpaired) electrons. The molecule has 0 bridgehead atoms. The maximum atomic E-state index is 12.6. The number of nitrogens with one attached hydrogen (secondary N) is 1. The minimum atomic E-state index is -0.751. The van der Waals surface area contributed by atoms with Crippen LogP contribution in [0.15, 0.2) is 30.3 Å². The minimum absolute atomic E-state index is 0.105. The Morgan fingerprint density at radius 3 is 2.56 bits per heavy atom. The second-order valence-electron chi connectivity index (χ2n) is 7.39. The lowest BCUT2D eigenvalue weighted by molar-refractivity contribution is -0.139. The molecule has 2 heterocycles. The summed E-state index contributed by atoms with van der Waals surface area (Å²) >= 11 is 0. The van der Waals surface area contributed by atoms with Crippen molar-refractivity contribution in [3.63, 3.8) is 0 Å². The Bertz CT molecular complexity index is 619. The van der Waals surface area contributed by atoms with Gasteiger partial charge in [-0.25, -0.2) is 4.79 Å². The number of nitrogens with zero attached hydrogens (tertiary/aromatic N) is 2. The summed E-state index contributed by atoms with van der Waals surface area (Å²) in [6.45, 7) is 5.51. The number of carbonyl (C=O) groups excluding carboxylic acids is 1. The van der Waals surface area contributed by atoms with Crippen molar-refractivity contribution >= 4 is 17.7 Å². The number of amides is 2. The molecule has 148 valence electrons. The van der Waals surface area contributed by atoms with Gasteiger partial charge in [0.1, 0.15) is 0 Å². The summed E-state index contributed by atoms with van der Waals surface area (Å²) in [6, 6.07) is 9.32. The van der Waals surface area contributed by atoms with Gasteiger partial charge in [0.25, 0.3) is 0 Å². The van der Waals surface area contributed by atoms with Crippen LogP contribution in [0.5, 0.6) is 0 Å². The number of hydrogen-bond donors (Lipinski definition) is 2. The number of aliphatic carboxylic acids is 1. The van der Waals surface area contributed by atoms with E-state index in [0.717, 1.165) is 51.4 Å². The van der Waals surface area contributed by atoms with Crippen LogP contribution in [0.1, 0.15) is 19.3 Å². The topological polar surface area (TPSA) is 82.1 Å². The van der Waals surface area contributed by atoms with E-state index in [1.54, 1.807) is 0 Å². The Morgan fingerprint density at radius 2 is 1.85 bits per heavy atom. The van der Waals surface area contributed by atoms with Gasteiger partial charge in [0.05, 0.1) is 13.2 Å². The molecule has 7 heteroatoms. The SMILES string of the molecule is O=C(O)C[C@@H]1CCN(C(=O)Nc2ccccc2)C[C@@H]1CCN1CCOCC1. The number of hydrogen-bond acceptors (Lipinski definition) is 4. The molecule has 2 fully saturated rings. The number of morpholine rings is 1. The number of urea groups is 1. The highest BCUT2D eigenvalue weighted by molar-refractivity contribution is 5.89. The Labute approximate surface area is 160 Å². The van der Waals surface area contributed by atoms with E-state index < -0.39 is 5.97 Å². The van der Waals surface area contributed by atoms with Gasteiger partial charge < -0.3 is 20.1 Å². The predicted octanol–water partition coefficient (Wildman–Crippen LogP) is 2.35. The molecule has 0 aromatic heterocycles. The largest absolute Gasteiger partial charge is 0.481 e. The third-order valence-corrected chi connectivity index (χ3v) is 5.56. The van der Waals surface area contributed by atoms with Crippen molar-refractivity contribution < 1.29 is 19.4 Å². The van der Waals surface area contributed by atoms with Crippen LogP contribution < -0.4 is 5.32 Å². The third-order valence-electron chi connectivity index (χ3n) is 5.56. The smallest absolute Gasteiger partial charge is 0.321 e. The summed E-state index contributed by atoms with van der Waals surface area (Å²) in [4.78, 5) is 28.1. The van der Waals surface area contributed by atoms with E-state index in [4.69, 9.17) is 4.74 Å². The fraction of sp³-hybridized carbons (Fsp3) is 0.600. The molecule has 2 N–H and O–H groups in total. The molecule has 0 saturated carbocycles. The molecule has 2 saturated heterocycles. The van der Waals surface area contributed by atoms with Crippen LogP contribution in [0.2, 0.25) is 0 Å². The van der Waals surface area contributed by atoms with Gasteiger partial charge >= 0.3 is 12.0 Å². The standard InChI is InChI=1S/C20H29N3O4/c24-19(25)14-16-7-9-23(20(26)21-18-4-2-1-3-5-18)15-17(16)6-8-22-10-12-27-13-11-22/h1-5,16-17H,6-15H2,(H,21,26)(H,24,25)/t16-,17-/m0/s1. The van der Waals surface area contributed by atoms with Crippen LogP contribution in [-0.4, -0.2) is 72.8 Å². The molecular weight excluding hydrogens is 346 g/mol. The highest BCUT2D eigenvalue weighted by Gasteiger charge is 2.33. The van der Waals surface area contributed by atoms with Gasteiger partial charge in [-0.05, 0) is 43.4 Å². The number of ether oxygens (including phenoxy) is 1. The van der Waals surface area contributed by atoms with Crippen molar-refractivity contribution in [1.29, 1.82) is 0 Å². The molecular formula is C20H29N3O4. The summed E-state index contributed by atoms with van der Waals surface area (Å²) in [5.74, 6) is -0.415. The normalized spacial score (nSPS) is 23.8. The molecule has 2 atom stereocenters. The van der Waals surface area contributed by atoms with Gasteiger partial charge in [0.15, 0.2) is 0 Å². The minimum Gasteiger partial charge on any atom is -0.481 e. The van der Waals surface area contributed by atoms with Crippen LogP contribution in [0.25, 0.3) is 0 Å². The number of carboxylic acids is 1. The number of anilines is 1. The van der Waals surface area contributed by atoms with Gasteiger partial charge in [-0.15, -0.1) is 0 Å². The van der Waals surface area contributed by atoms with Gasteiger partial charge in [0.2, 0.25) is 0 Å². The molecule has 0 unspecified atom stereocenters. The van der Waals surface area contributed by atoms with Crippen LogP contribution in [0, 0.1) is 11.8 Å². The molecule has 1 aromatic carbocycles. The van der Waals surface area contributed by atoms with Crippen molar-refractivity contribution in [2.24, 2.45) is 11.8 Å². The second-order valence-corrected chi connectivity index (χ2v) is 7.39. The first-order valence-corrected chi connectivity index (χ1v) is 9.74. The van der Waals surface area contributed by atoms with Crippen molar-refractivity contribution in [1.82, 2.24) is 9.80 Å². The number of carbonyl (C=O) groups is 2. The molecule has 1 aromatic rings. The number of likely N-dealkylation sites (tertiary alicyclic amines) is 1. The predicted molar refractivity (Wildman–Crippen MR) is 103 cm³/mol. The highest BCUT2D eigenvalue weighted by Crippen LogP contribution is 2.30. The lowest BCUT2D eigenvalue weighted by Gasteiger charge is -2.39. The van der Waals surface area contributed by atoms with E-state index in [-0.39, 0.29) is 24.3 Å². The van der Waals surface area contributed by atoms with Gasteiger partial charge in [-0.3, -0.25) is 9.69 Å². The fourth-order valence-electron chi connectivity index (χ4n) is 3.98. The molecule has 0 aliphatic carbocycles. The monoisotopic (exact) mass is 375 g/mol. The Kier molecular flexibility index (Phi) is 7.06. The summed E-state index contributed by atoms with van der Waals surface area (Å²) in [7, 11) is 0. The van der Waals surface area contributed by atoms with Crippen molar-refractivity contribution in [2.45, 2.75) is 19.3 Å². The Morgan fingerprint density at radius 1 is 1.11 bits per heavy atom. The van der Waals surface area contributed by atoms with E-state index in [9.17, 15) is 14.7 Å². The summed E-state index contributed by atoms with van der Waals surface area (Å²) in [5, 5.41) is 12.2. The number of rotatable bonds is 6. The van der Waals surface area contributed by atoms with E-state index in [0.29, 0.717) is 13.1 Å². The fourth-order valence-corrected chi connectivity index (χ4v) is 3.98.